The molecule has 1 amide bonds. The van der Waals surface area contributed by atoms with E-state index in [0.29, 0.717) is 12.1 Å². The van der Waals surface area contributed by atoms with E-state index in [1.54, 1.807) is 0 Å². The molecule has 0 radical (unpaired) electrons. The fourth-order valence-corrected chi connectivity index (χ4v) is 3.31. The van der Waals surface area contributed by atoms with E-state index < -0.39 is 0 Å². The molecule has 0 spiro atoms. The summed E-state index contributed by atoms with van der Waals surface area (Å²) < 4.78 is 7.48. The molecule has 1 N–H and O–H groups in total. The first kappa shape index (κ1) is 17.7. The third-order valence-electron chi connectivity index (χ3n) is 4.70. The summed E-state index contributed by atoms with van der Waals surface area (Å²) in [4.78, 5) is 12.8. The average molecular weight is 341 g/mol. The van der Waals surface area contributed by atoms with Gasteiger partial charge >= 0.3 is 0 Å². The Labute approximate surface area is 149 Å². The standard InChI is InChI=1S/C20H27N3O2/c1-4-6-18-19(20(24)21-13-17-7-5-12-25-17)15(3)23(22-18)16-10-8-14(2)9-11-16/h8-11,17H,4-7,12-13H2,1-3H3,(H,21,24). The number of nitrogens with zero attached hydrogens (tertiary/aromatic N) is 2. The van der Waals surface area contributed by atoms with Crippen LogP contribution in [0.25, 0.3) is 5.69 Å². The highest BCUT2D eigenvalue weighted by molar-refractivity contribution is 5.96. The SMILES string of the molecule is CCCc1nn(-c2ccc(C)cc2)c(C)c1C(=O)NCC1CCCO1. The molecule has 1 unspecified atom stereocenters. The first-order chi connectivity index (χ1) is 12.1. The van der Waals surface area contributed by atoms with E-state index in [4.69, 9.17) is 9.84 Å². The second-order valence-electron chi connectivity index (χ2n) is 6.75. The van der Waals surface area contributed by atoms with Gasteiger partial charge in [0, 0.05) is 13.2 Å². The minimum atomic E-state index is -0.0465. The zero-order valence-corrected chi connectivity index (χ0v) is 15.3. The normalized spacial score (nSPS) is 17.0. The van der Waals surface area contributed by atoms with E-state index >= 15 is 0 Å². The minimum absolute atomic E-state index is 0.0465. The maximum absolute atomic E-state index is 12.8. The van der Waals surface area contributed by atoms with E-state index in [1.807, 2.05) is 23.7 Å². The Hall–Kier alpha value is -2.14. The molecule has 1 saturated heterocycles. The fourth-order valence-electron chi connectivity index (χ4n) is 3.31. The number of carbonyl (C=O) groups is 1. The summed E-state index contributed by atoms with van der Waals surface area (Å²) in [6.45, 7) is 7.50. The van der Waals surface area contributed by atoms with Gasteiger partial charge in [-0.3, -0.25) is 4.79 Å². The molecule has 1 aliphatic heterocycles. The largest absolute Gasteiger partial charge is 0.376 e. The number of nitrogens with one attached hydrogen (secondary N) is 1. The highest BCUT2D eigenvalue weighted by Gasteiger charge is 2.23. The number of ether oxygens (including phenoxy) is 1. The van der Waals surface area contributed by atoms with Gasteiger partial charge in [0.1, 0.15) is 0 Å². The third kappa shape index (κ3) is 3.93. The summed E-state index contributed by atoms with van der Waals surface area (Å²) in [5.74, 6) is -0.0465. The Bertz CT molecular complexity index is 728. The van der Waals surface area contributed by atoms with E-state index in [0.717, 1.165) is 49.4 Å². The average Bonchev–Trinajstić information content (AvgIpc) is 3.22. The number of rotatable bonds is 6. The first-order valence-corrected chi connectivity index (χ1v) is 9.15. The van der Waals surface area contributed by atoms with Crippen LogP contribution in [0, 0.1) is 13.8 Å². The van der Waals surface area contributed by atoms with Crippen molar-refractivity contribution in [3.63, 3.8) is 0 Å². The molecule has 1 aromatic heterocycles. The molecule has 0 bridgehead atoms. The first-order valence-electron chi connectivity index (χ1n) is 9.15. The predicted molar refractivity (Wildman–Crippen MR) is 98.3 cm³/mol. The van der Waals surface area contributed by atoms with Gasteiger partial charge in [-0.15, -0.1) is 0 Å². The van der Waals surface area contributed by atoms with Gasteiger partial charge in [-0.05, 0) is 45.2 Å². The molecule has 134 valence electrons. The molecule has 1 aliphatic rings. The minimum Gasteiger partial charge on any atom is -0.376 e. The van der Waals surface area contributed by atoms with E-state index in [9.17, 15) is 4.79 Å². The van der Waals surface area contributed by atoms with Crippen molar-refractivity contribution in [3.05, 3.63) is 46.8 Å². The monoisotopic (exact) mass is 341 g/mol. The summed E-state index contributed by atoms with van der Waals surface area (Å²) in [5.41, 5.74) is 4.65. The second-order valence-corrected chi connectivity index (χ2v) is 6.75. The number of aromatic nitrogens is 2. The third-order valence-corrected chi connectivity index (χ3v) is 4.70. The van der Waals surface area contributed by atoms with Crippen LogP contribution in [0.3, 0.4) is 0 Å². The number of aryl methyl sites for hydroxylation is 2. The van der Waals surface area contributed by atoms with Gasteiger partial charge in [0.25, 0.3) is 5.91 Å². The van der Waals surface area contributed by atoms with Gasteiger partial charge in [-0.1, -0.05) is 31.0 Å². The molecule has 1 aromatic carbocycles. The smallest absolute Gasteiger partial charge is 0.255 e. The highest BCUT2D eigenvalue weighted by Crippen LogP contribution is 2.20. The van der Waals surface area contributed by atoms with Crippen LogP contribution in [0.1, 0.15) is 53.5 Å². The van der Waals surface area contributed by atoms with Crippen LogP contribution in [0.2, 0.25) is 0 Å². The van der Waals surface area contributed by atoms with Crippen LogP contribution in [0.15, 0.2) is 24.3 Å². The topological polar surface area (TPSA) is 56.2 Å². The van der Waals surface area contributed by atoms with Crippen LogP contribution in [-0.2, 0) is 11.2 Å². The molecule has 5 heteroatoms. The van der Waals surface area contributed by atoms with Crippen LogP contribution in [-0.4, -0.2) is 34.9 Å². The molecule has 25 heavy (non-hydrogen) atoms. The molecule has 1 atom stereocenters. The van der Waals surface area contributed by atoms with Crippen molar-refractivity contribution in [2.24, 2.45) is 0 Å². The van der Waals surface area contributed by atoms with Crippen molar-refractivity contribution >= 4 is 5.91 Å². The molecule has 5 nitrogen and oxygen atoms in total. The zero-order chi connectivity index (χ0) is 17.8. The highest BCUT2D eigenvalue weighted by atomic mass is 16.5. The maximum atomic E-state index is 12.8. The molecule has 0 aliphatic carbocycles. The summed E-state index contributed by atoms with van der Waals surface area (Å²) in [6.07, 6.45) is 3.99. The van der Waals surface area contributed by atoms with Crippen molar-refractivity contribution in [1.29, 1.82) is 0 Å². The van der Waals surface area contributed by atoms with Gasteiger partial charge in [0.2, 0.25) is 0 Å². The molecular weight excluding hydrogens is 314 g/mol. The van der Waals surface area contributed by atoms with Gasteiger partial charge in [-0.25, -0.2) is 4.68 Å². The molecule has 3 rings (SSSR count). The van der Waals surface area contributed by atoms with Crippen LogP contribution < -0.4 is 5.32 Å². The van der Waals surface area contributed by atoms with Gasteiger partial charge in [0.15, 0.2) is 0 Å². The maximum Gasteiger partial charge on any atom is 0.255 e. The van der Waals surface area contributed by atoms with Gasteiger partial charge < -0.3 is 10.1 Å². The molecule has 0 saturated carbocycles. The van der Waals surface area contributed by atoms with E-state index in [2.05, 4.69) is 31.3 Å². The van der Waals surface area contributed by atoms with Crippen LogP contribution >= 0.6 is 0 Å². The fraction of sp³-hybridized carbons (Fsp3) is 0.500. The second kappa shape index (κ2) is 7.83. The van der Waals surface area contributed by atoms with Crippen LogP contribution in [0.5, 0.6) is 0 Å². The van der Waals surface area contributed by atoms with E-state index in [1.165, 1.54) is 5.56 Å². The molecule has 1 fully saturated rings. The summed E-state index contributed by atoms with van der Waals surface area (Å²) in [7, 11) is 0. The van der Waals surface area contributed by atoms with Crippen LogP contribution in [0.4, 0.5) is 0 Å². The van der Waals surface area contributed by atoms with Crippen molar-refractivity contribution in [3.8, 4) is 5.69 Å². The number of hydrogen-bond acceptors (Lipinski definition) is 3. The molecule has 2 heterocycles. The Morgan fingerprint density at radius 2 is 2.08 bits per heavy atom. The Balaban J connectivity index is 1.85. The molecular formula is C20H27N3O2. The number of hydrogen-bond donors (Lipinski definition) is 1. The lowest BCUT2D eigenvalue weighted by Crippen LogP contribution is -2.32. The van der Waals surface area contributed by atoms with Crippen molar-refractivity contribution in [2.75, 3.05) is 13.2 Å². The summed E-state index contributed by atoms with van der Waals surface area (Å²) in [6, 6.07) is 8.21. The van der Waals surface area contributed by atoms with E-state index in [-0.39, 0.29) is 12.0 Å². The zero-order valence-electron chi connectivity index (χ0n) is 15.3. The Morgan fingerprint density at radius 1 is 1.32 bits per heavy atom. The number of amides is 1. The summed E-state index contributed by atoms with van der Waals surface area (Å²) >= 11 is 0. The molecule has 2 aromatic rings. The van der Waals surface area contributed by atoms with Crippen molar-refractivity contribution in [1.82, 2.24) is 15.1 Å². The predicted octanol–water partition coefficient (Wildman–Crippen LogP) is 3.35. The lowest BCUT2D eigenvalue weighted by atomic mass is 10.1. The van der Waals surface area contributed by atoms with Gasteiger partial charge in [-0.2, -0.15) is 5.10 Å². The summed E-state index contributed by atoms with van der Waals surface area (Å²) in [5, 5.41) is 7.76. The lowest BCUT2D eigenvalue weighted by molar-refractivity contribution is 0.0856. The quantitative estimate of drug-likeness (QED) is 0.876. The van der Waals surface area contributed by atoms with Gasteiger partial charge in [0.05, 0.1) is 28.7 Å². The lowest BCUT2D eigenvalue weighted by Gasteiger charge is -2.11. The Morgan fingerprint density at radius 3 is 2.72 bits per heavy atom. The van der Waals surface area contributed by atoms with Crippen molar-refractivity contribution in [2.45, 2.75) is 52.6 Å². The number of carbonyl (C=O) groups excluding carboxylic acids is 1. The Kier molecular flexibility index (Phi) is 5.53. The number of benzene rings is 1. The van der Waals surface area contributed by atoms with Crippen molar-refractivity contribution < 1.29 is 9.53 Å².